The monoisotopic (exact) mass is 286 g/mol. The number of allylic oxidation sites excluding steroid dienone is 1. The molecule has 2 aromatic rings. The summed E-state index contributed by atoms with van der Waals surface area (Å²) in [5, 5.41) is 1.87. The molecule has 0 saturated heterocycles. The Morgan fingerprint density at radius 1 is 1.32 bits per heavy atom. The van der Waals surface area contributed by atoms with Gasteiger partial charge < -0.3 is 4.74 Å². The number of hydrogen-bond donors (Lipinski definition) is 0. The smallest absolute Gasteiger partial charge is 0.404 e. The molecule has 2 aromatic heterocycles. The van der Waals surface area contributed by atoms with Crippen molar-refractivity contribution >= 4 is 23.0 Å². The van der Waals surface area contributed by atoms with E-state index in [0.717, 1.165) is 17.5 Å². The quantitative estimate of drug-likeness (QED) is 0.855. The lowest BCUT2D eigenvalue weighted by atomic mass is 10.1. The summed E-state index contributed by atoms with van der Waals surface area (Å²) >= 11 is 1.46. The Labute approximate surface area is 111 Å². The Balaban J connectivity index is 2.14. The minimum Gasteiger partial charge on any atom is -0.404 e. The normalized spacial score (nSPS) is 12.5. The average molecular weight is 286 g/mol. The molecule has 0 fully saturated rings. The zero-order valence-corrected chi connectivity index (χ0v) is 10.6. The molecule has 100 valence electrons. The van der Waals surface area contributed by atoms with Crippen molar-refractivity contribution in [3.63, 3.8) is 0 Å². The fourth-order valence-electron chi connectivity index (χ4n) is 1.40. The van der Waals surface area contributed by atoms with Crippen molar-refractivity contribution in [2.24, 2.45) is 0 Å². The van der Waals surface area contributed by atoms with Gasteiger partial charge in [-0.2, -0.15) is 0 Å². The molecule has 0 bridgehead atoms. The molecule has 0 aliphatic heterocycles. The van der Waals surface area contributed by atoms with Crippen molar-refractivity contribution < 1.29 is 17.9 Å². The highest BCUT2D eigenvalue weighted by atomic mass is 32.1. The fraction of sp³-hybridized carbons (Fsp3) is 0.167. The van der Waals surface area contributed by atoms with E-state index in [-0.39, 0.29) is 5.75 Å². The maximum Gasteiger partial charge on any atom is 0.573 e. The van der Waals surface area contributed by atoms with E-state index in [2.05, 4.69) is 14.7 Å². The van der Waals surface area contributed by atoms with E-state index >= 15 is 0 Å². The van der Waals surface area contributed by atoms with Gasteiger partial charge in [0.2, 0.25) is 0 Å². The Bertz CT molecular complexity index is 562. The van der Waals surface area contributed by atoms with Crippen LogP contribution in [0.2, 0.25) is 0 Å². The third-order valence-corrected chi connectivity index (χ3v) is 2.79. The second-order valence-electron chi connectivity index (χ2n) is 3.67. The van der Waals surface area contributed by atoms with Gasteiger partial charge in [0.25, 0.3) is 0 Å². The van der Waals surface area contributed by atoms with E-state index < -0.39 is 6.36 Å². The van der Waals surface area contributed by atoms with Crippen LogP contribution < -0.4 is 4.74 Å². The lowest BCUT2D eigenvalue weighted by Crippen LogP contribution is -2.17. The van der Waals surface area contributed by atoms with Crippen LogP contribution in [-0.2, 0) is 0 Å². The summed E-state index contributed by atoms with van der Waals surface area (Å²) in [6.45, 7) is 1.81. The maximum atomic E-state index is 12.0. The molecule has 2 heterocycles. The van der Waals surface area contributed by atoms with E-state index in [9.17, 15) is 13.2 Å². The third-order valence-electron chi connectivity index (χ3n) is 2.19. The highest BCUT2D eigenvalue weighted by molar-refractivity contribution is 7.07. The molecule has 19 heavy (non-hydrogen) atoms. The predicted molar refractivity (Wildman–Crippen MR) is 66.6 cm³/mol. The van der Waals surface area contributed by atoms with Crippen molar-refractivity contribution in [3.05, 3.63) is 40.6 Å². The van der Waals surface area contributed by atoms with E-state index in [1.54, 1.807) is 5.51 Å². The Hall–Kier alpha value is -1.89. The molecule has 0 radical (unpaired) electrons. The van der Waals surface area contributed by atoms with Gasteiger partial charge >= 0.3 is 6.36 Å². The number of pyridine rings is 1. The molecule has 0 aromatic carbocycles. The molecule has 0 aliphatic carbocycles. The van der Waals surface area contributed by atoms with E-state index in [1.807, 2.05) is 18.4 Å². The van der Waals surface area contributed by atoms with Gasteiger partial charge in [0.15, 0.2) is 0 Å². The number of hydrogen-bond acceptors (Lipinski definition) is 4. The summed E-state index contributed by atoms with van der Waals surface area (Å²) in [4.78, 5) is 8.01. The number of nitrogens with zero attached hydrogens (tertiary/aromatic N) is 2. The Kier molecular flexibility index (Phi) is 3.84. The first-order chi connectivity index (χ1) is 8.94. The molecule has 0 saturated carbocycles. The van der Waals surface area contributed by atoms with Crippen LogP contribution in [0.25, 0.3) is 11.6 Å². The second kappa shape index (κ2) is 5.40. The van der Waals surface area contributed by atoms with Gasteiger partial charge in [0, 0.05) is 5.38 Å². The number of aromatic nitrogens is 2. The predicted octanol–water partition coefficient (Wildman–Crippen LogP) is 4.00. The Morgan fingerprint density at radius 2 is 2.11 bits per heavy atom. The van der Waals surface area contributed by atoms with Crippen LogP contribution in [0.1, 0.15) is 18.3 Å². The molecule has 2 rings (SSSR count). The first-order valence-electron chi connectivity index (χ1n) is 5.23. The fourth-order valence-corrected chi connectivity index (χ4v) is 1.91. The van der Waals surface area contributed by atoms with Crippen molar-refractivity contribution in [2.75, 3.05) is 0 Å². The minimum atomic E-state index is -4.70. The first kappa shape index (κ1) is 13.5. The van der Waals surface area contributed by atoms with Gasteiger partial charge in [-0.25, -0.2) is 4.98 Å². The summed E-state index contributed by atoms with van der Waals surface area (Å²) in [6.07, 6.45) is -1.85. The summed E-state index contributed by atoms with van der Waals surface area (Å²) in [5.41, 5.74) is 3.87. The highest BCUT2D eigenvalue weighted by Gasteiger charge is 2.31. The molecule has 7 heteroatoms. The molecule has 0 N–H and O–H groups in total. The first-order valence-corrected chi connectivity index (χ1v) is 6.17. The largest absolute Gasteiger partial charge is 0.573 e. The van der Waals surface area contributed by atoms with Crippen LogP contribution in [0.4, 0.5) is 13.2 Å². The van der Waals surface area contributed by atoms with Crippen LogP contribution >= 0.6 is 11.3 Å². The molecule has 0 spiro atoms. The number of thiazole rings is 1. The van der Waals surface area contributed by atoms with Crippen molar-refractivity contribution in [2.45, 2.75) is 13.3 Å². The average Bonchev–Trinajstić information content (AvgIpc) is 2.80. The number of rotatable bonds is 3. The van der Waals surface area contributed by atoms with Gasteiger partial charge in [-0.3, -0.25) is 4.98 Å². The third kappa shape index (κ3) is 4.06. The summed E-state index contributed by atoms with van der Waals surface area (Å²) in [7, 11) is 0. The van der Waals surface area contributed by atoms with Crippen molar-refractivity contribution in [1.29, 1.82) is 0 Å². The SMILES string of the molecule is C/C(=C\c1cscn1)c1ccc(OC(F)(F)F)cn1. The van der Waals surface area contributed by atoms with E-state index in [1.165, 1.54) is 23.5 Å². The maximum absolute atomic E-state index is 12.0. The standard InChI is InChI=1S/C12H9F3N2OS/c1-8(4-9-6-19-7-17-9)11-3-2-10(5-16-11)18-12(13,14)15/h2-7H,1H3/b8-4+. The lowest BCUT2D eigenvalue weighted by molar-refractivity contribution is -0.274. The van der Waals surface area contributed by atoms with Crippen molar-refractivity contribution in [3.8, 4) is 5.75 Å². The second-order valence-corrected chi connectivity index (χ2v) is 4.39. The molecule has 0 atom stereocenters. The highest BCUT2D eigenvalue weighted by Crippen LogP contribution is 2.23. The molecular formula is C12H9F3N2OS. The van der Waals surface area contributed by atoms with Crippen LogP contribution in [0.3, 0.4) is 0 Å². The number of ether oxygens (including phenoxy) is 1. The molecule has 3 nitrogen and oxygen atoms in total. The zero-order valence-electron chi connectivity index (χ0n) is 9.81. The van der Waals surface area contributed by atoms with Crippen LogP contribution in [0.15, 0.2) is 29.2 Å². The summed E-state index contributed by atoms with van der Waals surface area (Å²) in [6, 6.07) is 2.70. The van der Waals surface area contributed by atoms with E-state index in [4.69, 9.17) is 0 Å². The number of halogens is 3. The Morgan fingerprint density at radius 3 is 2.63 bits per heavy atom. The van der Waals surface area contributed by atoms with Gasteiger partial charge in [0.1, 0.15) is 5.75 Å². The minimum absolute atomic E-state index is 0.335. The van der Waals surface area contributed by atoms with Gasteiger partial charge in [-0.1, -0.05) is 0 Å². The number of alkyl halides is 3. The van der Waals surface area contributed by atoms with Crippen LogP contribution in [0, 0.1) is 0 Å². The van der Waals surface area contributed by atoms with Gasteiger partial charge in [-0.15, -0.1) is 24.5 Å². The zero-order chi connectivity index (χ0) is 13.9. The molecule has 0 amide bonds. The topological polar surface area (TPSA) is 35.0 Å². The van der Waals surface area contributed by atoms with Crippen LogP contribution in [-0.4, -0.2) is 16.3 Å². The summed E-state index contributed by atoms with van der Waals surface area (Å²) in [5.74, 6) is -0.335. The molecular weight excluding hydrogens is 277 g/mol. The molecule has 0 unspecified atom stereocenters. The van der Waals surface area contributed by atoms with E-state index in [0.29, 0.717) is 5.69 Å². The van der Waals surface area contributed by atoms with Crippen molar-refractivity contribution in [1.82, 2.24) is 9.97 Å². The lowest BCUT2D eigenvalue weighted by Gasteiger charge is -2.08. The van der Waals surface area contributed by atoms with Gasteiger partial charge in [-0.05, 0) is 30.7 Å². The van der Waals surface area contributed by atoms with Crippen LogP contribution in [0.5, 0.6) is 5.75 Å². The summed E-state index contributed by atoms with van der Waals surface area (Å²) < 4.78 is 39.7. The van der Waals surface area contributed by atoms with Gasteiger partial charge in [0.05, 0.1) is 23.1 Å². The molecule has 0 aliphatic rings.